The van der Waals surface area contributed by atoms with Crippen molar-refractivity contribution < 1.29 is 27.5 Å². The fourth-order valence-electron chi connectivity index (χ4n) is 3.46. The second-order valence-corrected chi connectivity index (χ2v) is 8.50. The van der Waals surface area contributed by atoms with Crippen LogP contribution >= 0.6 is 11.6 Å². The van der Waals surface area contributed by atoms with Gasteiger partial charge in [0.15, 0.2) is 0 Å². The number of alkyl halides is 3. The summed E-state index contributed by atoms with van der Waals surface area (Å²) in [7, 11) is 0. The summed E-state index contributed by atoms with van der Waals surface area (Å²) in [5.74, 6) is -1.88. The van der Waals surface area contributed by atoms with Crippen LogP contribution in [0, 0.1) is 0 Å². The highest BCUT2D eigenvalue weighted by atomic mass is 35.5. The second-order valence-electron chi connectivity index (χ2n) is 8.09. The van der Waals surface area contributed by atoms with Crippen molar-refractivity contribution in [3.63, 3.8) is 0 Å². The van der Waals surface area contributed by atoms with E-state index in [-0.39, 0.29) is 12.2 Å². The number of fused-ring (bicyclic) bond motifs is 1. The van der Waals surface area contributed by atoms with Crippen molar-refractivity contribution >= 4 is 35.0 Å². The molecule has 0 spiro atoms. The molecule has 2 heterocycles. The standard InChI is InChI=1S/C19H23ClF3N3O3/c1-18(2,3)29-17(28)25-8-6-24(7-9-25)15-11-14-12(10-13(15)20)4-5-26(14)16(27)19(21,22)23/h10-11H,4-9H2,1-3H3. The highest BCUT2D eigenvalue weighted by molar-refractivity contribution is 6.33. The van der Waals surface area contributed by atoms with Crippen LogP contribution in [0.3, 0.4) is 0 Å². The van der Waals surface area contributed by atoms with Gasteiger partial charge in [0.25, 0.3) is 0 Å². The van der Waals surface area contributed by atoms with Gasteiger partial charge in [0.05, 0.1) is 10.7 Å². The molecular weight excluding hydrogens is 411 g/mol. The summed E-state index contributed by atoms with van der Waals surface area (Å²) in [6, 6.07) is 3.16. The normalized spacial score (nSPS) is 17.4. The molecular formula is C19H23ClF3N3O3. The van der Waals surface area contributed by atoms with Gasteiger partial charge in [-0.05, 0) is 44.9 Å². The van der Waals surface area contributed by atoms with Crippen molar-refractivity contribution in [1.29, 1.82) is 0 Å². The molecule has 0 saturated carbocycles. The maximum Gasteiger partial charge on any atom is 0.471 e. The first-order valence-electron chi connectivity index (χ1n) is 9.31. The molecule has 0 unspecified atom stereocenters. The van der Waals surface area contributed by atoms with Crippen LogP contribution in [-0.2, 0) is 16.0 Å². The summed E-state index contributed by atoms with van der Waals surface area (Å²) < 4.78 is 44.0. The van der Waals surface area contributed by atoms with E-state index in [9.17, 15) is 22.8 Å². The number of nitrogens with zero attached hydrogens (tertiary/aromatic N) is 3. The van der Waals surface area contributed by atoms with Gasteiger partial charge in [-0.2, -0.15) is 13.2 Å². The van der Waals surface area contributed by atoms with Crippen molar-refractivity contribution in [3.8, 4) is 0 Å². The number of carbonyl (C=O) groups excluding carboxylic acids is 2. The number of anilines is 2. The van der Waals surface area contributed by atoms with E-state index < -0.39 is 23.8 Å². The summed E-state index contributed by atoms with van der Waals surface area (Å²) in [5.41, 5.74) is 0.813. The molecule has 2 aliphatic heterocycles. The van der Waals surface area contributed by atoms with Crippen LogP contribution in [0.1, 0.15) is 26.3 Å². The minimum absolute atomic E-state index is 0.0279. The first-order chi connectivity index (χ1) is 13.4. The van der Waals surface area contributed by atoms with E-state index in [1.165, 1.54) is 6.07 Å². The van der Waals surface area contributed by atoms with Crippen LogP contribution < -0.4 is 9.80 Å². The Labute approximate surface area is 172 Å². The predicted molar refractivity (Wildman–Crippen MR) is 104 cm³/mol. The van der Waals surface area contributed by atoms with Gasteiger partial charge < -0.3 is 19.4 Å². The minimum atomic E-state index is -4.93. The van der Waals surface area contributed by atoms with Crippen LogP contribution in [0.15, 0.2) is 12.1 Å². The summed E-state index contributed by atoms with van der Waals surface area (Å²) in [4.78, 5) is 28.2. The average molecular weight is 434 g/mol. The lowest BCUT2D eigenvalue weighted by molar-refractivity contribution is -0.170. The third-order valence-corrected chi connectivity index (χ3v) is 5.11. The zero-order valence-electron chi connectivity index (χ0n) is 16.5. The molecule has 0 N–H and O–H groups in total. The van der Waals surface area contributed by atoms with Gasteiger partial charge in [-0.25, -0.2) is 4.79 Å². The van der Waals surface area contributed by atoms with E-state index in [1.54, 1.807) is 31.7 Å². The van der Waals surface area contributed by atoms with Crippen molar-refractivity contribution in [2.75, 3.05) is 42.5 Å². The number of rotatable bonds is 1. The number of carbonyl (C=O) groups is 2. The highest BCUT2D eigenvalue weighted by Crippen LogP contribution is 2.39. The Morgan fingerprint density at radius 3 is 2.17 bits per heavy atom. The molecule has 2 aliphatic rings. The van der Waals surface area contributed by atoms with Crippen LogP contribution in [0.2, 0.25) is 5.02 Å². The number of hydrogen-bond donors (Lipinski definition) is 0. The topological polar surface area (TPSA) is 53.1 Å². The molecule has 2 amide bonds. The van der Waals surface area contributed by atoms with E-state index in [1.807, 2.05) is 4.90 Å². The summed E-state index contributed by atoms with van der Waals surface area (Å²) in [6.07, 6.45) is -5.01. The molecule has 1 saturated heterocycles. The first-order valence-corrected chi connectivity index (χ1v) is 9.68. The van der Waals surface area contributed by atoms with Gasteiger partial charge in [0.2, 0.25) is 0 Å². The van der Waals surface area contributed by atoms with Gasteiger partial charge in [0.1, 0.15) is 5.60 Å². The van der Waals surface area contributed by atoms with Crippen molar-refractivity contribution in [1.82, 2.24) is 4.90 Å². The van der Waals surface area contributed by atoms with Gasteiger partial charge in [-0.1, -0.05) is 11.6 Å². The molecule has 10 heteroatoms. The largest absolute Gasteiger partial charge is 0.471 e. The summed E-state index contributed by atoms with van der Waals surface area (Å²) in [5, 5.41) is 0.413. The molecule has 160 valence electrons. The maximum atomic E-state index is 12.9. The number of amides is 2. The average Bonchev–Trinajstić information content (AvgIpc) is 3.00. The molecule has 0 aliphatic carbocycles. The lowest BCUT2D eigenvalue weighted by Crippen LogP contribution is -2.50. The van der Waals surface area contributed by atoms with E-state index in [0.717, 1.165) is 4.90 Å². The Kier molecular flexibility index (Phi) is 5.64. The fraction of sp³-hybridized carbons (Fsp3) is 0.579. The van der Waals surface area contributed by atoms with Gasteiger partial charge in [0, 0.05) is 38.4 Å². The van der Waals surface area contributed by atoms with Crippen LogP contribution in [0.4, 0.5) is 29.3 Å². The van der Waals surface area contributed by atoms with E-state index >= 15 is 0 Å². The number of halogens is 4. The Morgan fingerprint density at radius 2 is 1.62 bits per heavy atom. The SMILES string of the molecule is CC(C)(C)OC(=O)N1CCN(c2cc3c(cc2Cl)CCN3C(=O)C(F)(F)F)CC1. The van der Waals surface area contributed by atoms with Gasteiger partial charge >= 0.3 is 18.2 Å². The molecule has 29 heavy (non-hydrogen) atoms. The fourth-order valence-corrected chi connectivity index (χ4v) is 3.76. The van der Waals surface area contributed by atoms with Crippen molar-refractivity contribution in [2.45, 2.75) is 39.0 Å². The molecule has 0 radical (unpaired) electrons. The van der Waals surface area contributed by atoms with E-state index in [4.69, 9.17) is 16.3 Å². The zero-order valence-corrected chi connectivity index (χ0v) is 17.2. The number of ether oxygens (including phenoxy) is 1. The van der Waals surface area contributed by atoms with Crippen molar-refractivity contribution in [2.24, 2.45) is 0 Å². The summed E-state index contributed by atoms with van der Waals surface area (Å²) in [6.45, 7) is 7.04. The maximum absolute atomic E-state index is 12.9. The van der Waals surface area contributed by atoms with Crippen LogP contribution in [-0.4, -0.2) is 61.4 Å². The first kappa shape index (κ1) is 21.5. The van der Waals surface area contributed by atoms with Gasteiger partial charge in [-0.3, -0.25) is 4.79 Å². The quantitative estimate of drug-likeness (QED) is 0.675. The van der Waals surface area contributed by atoms with Crippen molar-refractivity contribution in [3.05, 3.63) is 22.7 Å². The molecule has 0 atom stereocenters. The molecule has 3 rings (SSSR count). The molecule has 0 bridgehead atoms. The van der Waals surface area contributed by atoms with Crippen LogP contribution in [0.25, 0.3) is 0 Å². The molecule has 1 aromatic rings. The monoisotopic (exact) mass is 433 g/mol. The Balaban J connectivity index is 1.75. The minimum Gasteiger partial charge on any atom is -0.444 e. The van der Waals surface area contributed by atoms with Gasteiger partial charge in [-0.15, -0.1) is 0 Å². The van der Waals surface area contributed by atoms with E-state index in [0.29, 0.717) is 48.9 Å². The smallest absolute Gasteiger partial charge is 0.444 e. The number of piperazine rings is 1. The second kappa shape index (κ2) is 7.59. The van der Waals surface area contributed by atoms with Crippen LogP contribution in [0.5, 0.6) is 0 Å². The highest BCUT2D eigenvalue weighted by Gasteiger charge is 2.45. The third-order valence-electron chi connectivity index (χ3n) is 4.80. The van der Waals surface area contributed by atoms with E-state index in [2.05, 4.69) is 0 Å². The zero-order chi connectivity index (χ0) is 21.6. The number of benzene rings is 1. The Morgan fingerprint density at radius 1 is 1.00 bits per heavy atom. The molecule has 1 aromatic carbocycles. The Hall–Kier alpha value is -2.16. The molecule has 6 nitrogen and oxygen atoms in total. The third kappa shape index (κ3) is 4.71. The Bertz CT molecular complexity index is 815. The summed E-state index contributed by atoms with van der Waals surface area (Å²) >= 11 is 6.37. The lowest BCUT2D eigenvalue weighted by Gasteiger charge is -2.37. The number of hydrogen-bond acceptors (Lipinski definition) is 4. The molecule has 1 fully saturated rings. The molecule has 0 aromatic heterocycles. The predicted octanol–water partition coefficient (Wildman–Crippen LogP) is 3.85. The lowest BCUT2D eigenvalue weighted by atomic mass is 10.1.